The van der Waals surface area contributed by atoms with E-state index in [1.54, 1.807) is 12.1 Å². The molecule has 1 aliphatic carbocycles. The molecule has 0 aliphatic heterocycles. The van der Waals surface area contributed by atoms with E-state index in [4.69, 9.17) is 4.42 Å². The number of hydrogen-bond donors (Lipinski definition) is 1. The number of carbonyl (C=O) groups is 1. The van der Waals surface area contributed by atoms with Gasteiger partial charge in [0, 0.05) is 0 Å². The highest BCUT2D eigenvalue weighted by Crippen LogP contribution is 2.40. The molecule has 1 fully saturated rings. The summed E-state index contributed by atoms with van der Waals surface area (Å²) in [7, 11) is 0. The molecule has 0 bridgehead atoms. The van der Waals surface area contributed by atoms with Gasteiger partial charge in [-0.2, -0.15) is 0 Å². The first-order valence-electron chi connectivity index (χ1n) is 6.39. The molecular formula is C14H14O4S. The molecular weight excluding hydrogens is 264 g/mol. The van der Waals surface area contributed by atoms with Crippen LogP contribution in [0.2, 0.25) is 0 Å². The third-order valence-corrected chi connectivity index (χ3v) is 4.81. The van der Waals surface area contributed by atoms with Gasteiger partial charge in [-0.05, 0) is 30.5 Å². The van der Waals surface area contributed by atoms with Crippen LogP contribution < -0.4 is 4.94 Å². The van der Waals surface area contributed by atoms with Crippen molar-refractivity contribution in [2.24, 2.45) is 0 Å². The number of carboxylic acid groups (broad SMARTS) is 1. The Bertz CT molecular complexity index is 676. The third kappa shape index (κ3) is 1.98. The van der Waals surface area contributed by atoms with E-state index in [-0.39, 0.29) is 4.94 Å². The first-order chi connectivity index (χ1) is 9.12. The van der Waals surface area contributed by atoms with Gasteiger partial charge in [-0.3, -0.25) is 4.79 Å². The van der Waals surface area contributed by atoms with Crippen LogP contribution in [0.5, 0.6) is 0 Å². The summed E-state index contributed by atoms with van der Waals surface area (Å²) in [4.78, 5) is 22.6. The van der Waals surface area contributed by atoms with Crippen LogP contribution in [0, 0.1) is 0 Å². The molecule has 3 rings (SSSR count). The number of rotatable bonds is 2. The van der Waals surface area contributed by atoms with Crippen LogP contribution in [0.4, 0.5) is 0 Å². The lowest BCUT2D eigenvalue weighted by atomic mass is 9.69. The van der Waals surface area contributed by atoms with E-state index in [0.29, 0.717) is 18.4 Å². The zero-order valence-corrected chi connectivity index (χ0v) is 11.2. The van der Waals surface area contributed by atoms with Crippen LogP contribution >= 0.6 is 11.3 Å². The predicted molar refractivity (Wildman–Crippen MR) is 72.8 cm³/mol. The minimum absolute atomic E-state index is 0.347. The van der Waals surface area contributed by atoms with Crippen molar-refractivity contribution >= 4 is 27.6 Å². The Morgan fingerprint density at radius 2 is 2.00 bits per heavy atom. The summed E-state index contributed by atoms with van der Waals surface area (Å²) in [5.74, 6) is -0.774. The van der Waals surface area contributed by atoms with Gasteiger partial charge in [-0.1, -0.05) is 36.7 Å². The molecule has 0 unspecified atom stereocenters. The molecule has 100 valence electrons. The Hall–Kier alpha value is -1.62. The van der Waals surface area contributed by atoms with Crippen molar-refractivity contribution in [3.8, 4) is 0 Å². The second kappa shape index (κ2) is 4.49. The van der Waals surface area contributed by atoms with E-state index in [9.17, 15) is 14.7 Å². The second-order valence-electron chi connectivity index (χ2n) is 5.06. The maximum Gasteiger partial charge on any atom is 0.396 e. The van der Waals surface area contributed by atoms with Gasteiger partial charge in [0.05, 0.1) is 10.1 Å². The summed E-state index contributed by atoms with van der Waals surface area (Å²) >= 11 is 1.05. The van der Waals surface area contributed by atoms with Crippen molar-refractivity contribution in [3.05, 3.63) is 33.5 Å². The molecule has 1 aromatic carbocycles. The Labute approximate surface area is 113 Å². The highest BCUT2D eigenvalue weighted by Gasteiger charge is 2.41. The van der Waals surface area contributed by atoms with Crippen LogP contribution in [-0.4, -0.2) is 11.1 Å². The fraction of sp³-hybridized carbons (Fsp3) is 0.429. The maximum absolute atomic E-state index is 11.7. The average molecular weight is 278 g/mol. The number of fused-ring (bicyclic) bond motifs is 1. The highest BCUT2D eigenvalue weighted by molar-refractivity contribution is 7.16. The molecule has 5 heteroatoms. The summed E-state index contributed by atoms with van der Waals surface area (Å²) < 4.78 is 5.86. The van der Waals surface area contributed by atoms with E-state index in [1.807, 2.05) is 6.07 Å². The van der Waals surface area contributed by atoms with Gasteiger partial charge < -0.3 is 9.52 Å². The van der Waals surface area contributed by atoms with Crippen molar-refractivity contribution in [2.45, 2.75) is 37.5 Å². The lowest BCUT2D eigenvalue weighted by Gasteiger charge is -2.33. The van der Waals surface area contributed by atoms with E-state index < -0.39 is 11.4 Å². The average Bonchev–Trinajstić information content (AvgIpc) is 2.78. The smallest absolute Gasteiger partial charge is 0.396 e. The molecule has 0 radical (unpaired) electrons. The molecule has 0 saturated heterocycles. The van der Waals surface area contributed by atoms with E-state index in [0.717, 1.165) is 40.9 Å². The fourth-order valence-corrected chi connectivity index (χ4v) is 3.60. The molecule has 1 aromatic heterocycles. The molecule has 1 N–H and O–H groups in total. The Morgan fingerprint density at radius 3 is 2.68 bits per heavy atom. The molecule has 4 nitrogen and oxygen atoms in total. The molecule has 1 heterocycles. The van der Waals surface area contributed by atoms with E-state index in [2.05, 4.69) is 0 Å². The summed E-state index contributed by atoms with van der Waals surface area (Å²) in [5.41, 5.74) is 0.444. The normalized spacial score (nSPS) is 18.5. The van der Waals surface area contributed by atoms with Gasteiger partial charge >= 0.3 is 10.9 Å². The second-order valence-corrected chi connectivity index (χ2v) is 6.04. The number of carboxylic acids is 1. The van der Waals surface area contributed by atoms with Crippen LogP contribution in [0.15, 0.2) is 27.4 Å². The summed E-state index contributed by atoms with van der Waals surface area (Å²) in [6, 6.07) is 5.35. The monoisotopic (exact) mass is 278 g/mol. The minimum Gasteiger partial charge on any atom is -0.481 e. The predicted octanol–water partition coefficient (Wildman–Crippen LogP) is 3.14. The Morgan fingerprint density at radius 1 is 1.26 bits per heavy atom. The lowest BCUT2D eigenvalue weighted by molar-refractivity contribution is -0.145. The summed E-state index contributed by atoms with van der Waals surface area (Å²) in [6.07, 6.45) is 4.26. The number of hydrogen-bond acceptors (Lipinski definition) is 4. The maximum atomic E-state index is 11.7. The molecule has 1 saturated carbocycles. The van der Waals surface area contributed by atoms with Gasteiger partial charge in [0.15, 0.2) is 0 Å². The molecule has 19 heavy (non-hydrogen) atoms. The molecule has 1 aliphatic rings. The first-order valence-corrected chi connectivity index (χ1v) is 7.21. The van der Waals surface area contributed by atoms with Gasteiger partial charge in [0.1, 0.15) is 5.58 Å². The molecule has 0 atom stereocenters. The molecule has 2 aromatic rings. The van der Waals surface area contributed by atoms with Crippen LogP contribution in [0.1, 0.15) is 37.7 Å². The van der Waals surface area contributed by atoms with Crippen LogP contribution in [-0.2, 0) is 10.2 Å². The third-order valence-electron chi connectivity index (χ3n) is 4.00. The van der Waals surface area contributed by atoms with E-state index in [1.165, 1.54) is 0 Å². The minimum atomic E-state index is -0.813. The quantitative estimate of drug-likeness (QED) is 0.916. The standard InChI is InChI=1S/C14H14O4S/c15-12(16)14(6-2-1-3-7-14)9-4-5-11-10(8-9)18-13(17)19-11/h4-5,8H,1-3,6-7H2,(H,15,16). The van der Waals surface area contributed by atoms with Crippen molar-refractivity contribution in [1.82, 2.24) is 0 Å². The van der Waals surface area contributed by atoms with E-state index >= 15 is 0 Å². The van der Waals surface area contributed by atoms with Crippen molar-refractivity contribution in [3.63, 3.8) is 0 Å². The van der Waals surface area contributed by atoms with Gasteiger partial charge in [-0.25, -0.2) is 4.79 Å². The zero-order chi connectivity index (χ0) is 13.5. The Kier molecular flexibility index (Phi) is 2.93. The largest absolute Gasteiger partial charge is 0.481 e. The van der Waals surface area contributed by atoms with Crippen LogP contribution in [0.25, 0.3) is 10.3 Å². The zero-order valence-electron chi connectivity index (χ0n) is 10.3. The summed E-state index contributed by atoms with van der Waals surface area (Å²) in [5, 5.41) is 9.63. The van der Waals surface area contributed by atoms with Gasteiger partial charge in [-0.15, -0.1) is 0 Å². The lowest BCUT2D eigenvalue weighted by Crippen LogP contribution is -2.37. The van der Waals surface area contributed by atoms with Gasteiger partial charge in [0.25, 0.3) is 0 Å². The molecule has 0 amide bonds. The topological polar surface area (TPSA) is 67.5 Å². The fourth-order valence-electron chi connectivity index (χ4n) is 2.95. The Balaban J connectivity index is 2.14. The van der Waals surface area contributed by atoms with Crippen molar-refractivity contribution in [1.29, 1.82) is 0 Å². The first kappa shape index (κ1) is 12.4. The van der Waals surface area contributed by atoms with Crippen molar-refractivity contribution < 1.29 is 14.3 Å². The van der Waals surface area contributed by atoms with Gasteiger partial charge in [0.2, 0.25) is 0 Å². The molecule has 0 spiro atoms. The highest BCUT2D eigenvalue weighted by atomic mass is 32.1. The number of aliphatic carboxylic acids is 1. The van der Waals surface area contributed by atoms with Crippen molar-refractivity contribution in [2.75, 3.05) is 0 Å². The number of benzene rings is 1. The van der Waals surface area contributed by atoms with Crippen LogP contribution in [0.3, 0.4) is 0 Å². The summed E-state index contributed by atoms with van der Waals surface area (Å²) in [6.45, 7) is 0. The SMILES string of the molecule is O=C(O)C1(c2ccc3sc(=O)oc3c2)CCCCC1.